The quantitative estimate of drug-likeness (QED) is 0.793. The third-order valence-corrected chi connectivity index (χ3v) is 4.01. The molecule has 17 heavy (non-hydrogen) atoms. The van der Waals surface area contributed by atoms with E-state index < -0.39 is 0 Å². The molecule has 2 fully saturated rings. The van der Waals surface area contributed by atoms with Crippen molar-refractivity contribution in [2.75, 3.05) is 36.8 Å². The minimum Gasteiger partial charge on any atom is -0.396 e. The van der Waals surface area contributed by atoms with Crippen molar-refractivity contribution in [1.82, 2.24) is 9.88 Å². The van der Waals surface area contributed by atoms with Crippen LogP contribution in [0.3, 0.4) is 0 Å². The van der Waals surface area contributed by atoms with Crippen molar-refractivity contribution in [3.8, 4) is 0 Å². The fourth-order valence-corrected chi connectivity index (χ4v) is 3.06. The monoisotopic (exact) mass is 232 g/mol. The van der Waals surface area contributed by atoms with Gasteiger partial charge in [-0.3, -0.25) is 9.88 Å². The number of aromatic nitrogens is 1. The van der Waals surface area contributed by atoms with Crippen molar-refractivity contribution in [3.63, 3.8) is 0 Å². The Balaban J connectivity index is 1.76. The highest BCUT2D eigenvalue weighted by atomic mass is 15.3. The minimum absolute atomic E-state index is 0.727. The number of hydrogen-bond acceptors (Lipinski definition) is 4. The molecule has 0 spiro atoms. The van der Waals surface area contributed by atoms with Crippen molar-refractivity contribution in [1.29, 1.82) is 0 Å². The van der Waals surface area contributed by atoms with Gasteiger partial charge in [-0.05, 0) is 25.5 Å². The van der Waals surface area contributed by atoms with E-state index in [0.29, 0.717) is 0 Å². The molecule has 1 aromatic rings. The first-order valence-electron chi connectivity index (χ1n) is 6.53. The second-order valence-electron chi connectivity index (χ2n) is 5.07. The van der Waals surface area contributed by atoms with Crippen LogP contribution in [0.15, 0.2) is 18.5 Å². The van der Waals surface area contributed by atoms with Crippen LogP contribution in [0.1, 0.15) is 19.3 Å². The minimum atomic E-state index is 0.727. The molecular weight excluding hydrogens is 212 g/mol. The number of pyridine rings is 1. The maximum absolute atomic E-state index is 6.00. The Morgan fingerprint density at radius 3 is 3.06 bits per heavy atom. The first-order valence-corrected chi connectivity index (χ1v) is 6.53. The normalized spacial score (nSPS) is 25.6. The van der Waals surface area contributed by atoms with Crippen molar-refractivity contribution < 1.29 is 0 Å². The predicted molar refractivity (Wildman–Crippen MR) is 70.1 cm³/mol. The van der Waals surface area contributed by atoms with Gasteiger partial charge in [0.15, 0.2) is 0 Å². The van der Waals surface area contributed by atoms with Gasteiger partial charge in [-0.25, -0.2) is 0 Å². The van der Waals surface area contributed by atoms with Crippen LogP contribution in [0.25, 0.3) is 0 Å². The molecule has 1 atom stereocenters. The molecule has 2 aliphatic heterocycles. The molecule has 1 unspecified atom stereocenters. The van der Waals surface area contributed by atoms with Crippen LogP contribution in [-0.2, 0) is 0 Å². The summed E-state index contributed by atoms with van der Waals surface area (Å²) in [6.45, 7) is 4.66. The van der Waals surface area contributed by atoms with E-state index in [0.717, 1.165) is 30.5 Å². The van der Waals surface area contributed by atoms with Gasteiger partial charge in [0.2, 0.25) is 0 Å². The molecule has 0 saturated carbocycles. The Bertz CT molecular complexity index is 393. The number of anilines is 2. The molecule has 2 aliphatic rings. The lowest BCUT2D eigenvalue weighted by molar-refractivity contribution is 0.133. The second kappa shape index (κ2) is 4.53. The average molecular weight is 232 g/mol. The molecule has 1 aromatic heterocycles. The molecule has 4 nitrogen and oxygen atoms in total. The molecule has 0 radical (unpaired) electrons. The highest BCUT2D eigenvalue weighted by Crippen LogP contribution is 2.27. The number of piperidine rings is 1. The molecular formula is C13H20N4. The third-order valence-electron chi connectivity index (χ3n) is 4.01. The zero-order chi connectivity index (χ0) is 11.7. The Labute approximate surface area is 102 Å². The van der Waals surface area contributed by atoms with E-state index in [4.69, 9.17) is 5.73 Å². The van der Waals surface area contributed by atoms with Crippen LogP contribution >= 0.6 is 0 Å². The number of hydrogen-bond donors (Lipinski definition) is 1. The van der Waals surface area contributed by atoms with Crippen LogP contribution in [-0.4, -0.2) is 42.1 Å². The van der Waals surface area contributed by atoms with E-state index in [2.05, 4.69) is 14.8 Å². The predicted octanol–water partition coefficient (Wildman–Crippen LogP) is 1.34. The smallest absolute Gasteiger partial charge is 0.0738 e. The van der Waals surface area contributed by atoms with Crippen LogP contribution in [0, 0.1) is 0 Å². The summed E-state index contributed by atoms with van der Waals surface area (Å²) in [7, 11) is 0. The fraction of sp³-hybridized carbons (Fsp3) is 0.615. The maximum atomic E-state index is 6.00. The molecule has 3 heterocycles. The van der Waals surface area contributed by atoms with E-state index in [1.165, 1.54) is 32.4 Å². The van der Waals surface area contributed by atoms with Gasteiger partial charge in [0.05, 0.1) is 17.6 Å². The molecule has 0 bridgehead atoms. The fourth-order valence-electron chi connectivity index (χ4n) is 3.06. The third kappa shape index (κ3) is 2.09. The van der Waals surface area contributed by atoms with Crippen molar-refractivity contribution in [2.45, 2.75) is 25.3 Å². The first-order chi connectivity index (χ1) is 8.34. The number of piperazine rings is 1. The summed E-state index contributed by atoms with van der Waals surface area (Å²) >= 11 is 0. The van der Waals surface area contributed by atoms with Gasteiger partial charge >= 0.3 is 0 Å². The lowest BCUT2D eigenvalue weighted by Gasteiger charge is -2.45. The van der Waals surface area contributed by atoms with Gasteiger partial charge in [-0.2, -0.15) is 0 Å². The zero-order valence-electron chi connectivity index (χ0n) is 10.2. The lowest BCUT2D eigenvalue weighted by Crippen LogP contribution is -2.55. The summed E-state index contributed by atoms with van der Waals surface area (Å²) in [5.74, 6) is 0. The Morgan fingerprint density at radius 2 is 2.18 bits per heavy atom. The van der Waals surface area contributed by atoms with Gasteiger partial charge in [-0.1, -0.05) is 6.42 Å². The second-order valence-corrected chi connectivity index (χ2v) is 5.07. The van der Waals surface area contributed by atoms with Crippen molar-refractivity contribution in [2.24, 2.45) is 0 Å². The molecule has 2 N–H and O–H groups in total. The number of fused-ring (bicyclic) bond motifs is 1. The highest BCUT2D eigenvalue weighted by molar-refractivity contribution is 5.66. The van der Waals surface area contributed by atoms with E-state index >= 15 is 0 Å². The molecule has 0 amide bonds. The average Bonchev–Trinajstić information content (AvgIpc) is 2.39. The number of nitrogens with two attached hydrogens (primary N) is 1. The lowest BCUT2D eigenvalue weighted by atomic mass is 9.99. The highest BCUT2D eigenvalue weighted by Gasteiger charge is 2.29. The standard InChI is InChI=1S/C13H20N4/c14-12-9-15-5-4-13(12)17-8-7-16-6-2-1-3-11(16)10-17/h4-5,9,11H,1-3,6-8,10,14H2. The molecule has 4 heteroatoms. The van der Waals surface area contributed by atoms with Gasteiger partial charge in [0.25, 0.3) is 0 Å². The van der Waals surface area contributed by atoms with Crippen LogP contribution < -0.4 is 10.6 Å². The summed E-state index contributed by atoms with van der Waals surface area (Å²) in [5.41, 5.74) is 7.96. The van der Waals surface area contributed by atoms with Gasteiger partial charge < -0.3 is 10.6 Å². The van der Waals surface area contributed by atoms with Crippen LogP contribution in [0.5, 0.6) is 0 Å². The number of nitrogens with zero attached hydrogens (tertiary/aromatic N) is 3. The SMILES string of the molecule is Nc1cnccc1N1CCN2CCCCC2C1. The summed E-state index contributed by atoms with van der Waals surface area (Å²) in [4.78, 5) is 9.12. The summed E-state index contributed by atoms with van der Waals surface area (Å²) in [6.07, 6.45) is 7.66. The Morgan fingerprint density at radius 1 is 1.24 bits per heavy atom. The molecule has 0 aromatic carbocycles. The van der Waals surface area contributed by atoms with Gasteiger partial charge in [0.1, 0.15) is 0 Å². The Hall–Kier alpha value is -1.29. The molecule has 0 aliphatic carbocycles. The summed E-state index contributed by atoms with van der Waals surface area (Å²) in [5, 5.41) is 0. The number of rotatable bonds is 1. The Kier molecular flexibility index (Phi) is 2.89. The maximum Gasteiger partial charge on any atom is 0.0738 e. The van der Waals surface area contributed by atoms with Gasteiger partial charge in [0, 0.05) is 31.9 Å². The molecule has 92 valence electrons. The van der Waals surface area contributed by atoms with Crippen LogP contribution in [0.2, 0.25) is 0 Å². The van der Waals surface area contributed by atoms with Crippen LogP contribution in [0.4, 0.5) is 11.4 Å². The van der Waals surface area contributed by atoms with E-state index in [1.54, 1.807) is 6.20 Å². The van der Waals surface area contributed by atoms with Gasteiger partial charge in [-0.15, -0.1) is 0 Å². The zero-order valence-corrected chi connectivity index (χ0v) is 10.2. The van der Waals surface area contributed by atoms with Crippen molar-refractivity contribution in [3.05, 3.63) is 18.5 Å². The number of nitrogen functional groups attached to an aromatic ring is 1. The molecule has 2 saturated heterocycles. The van der Waals surface area contributed by atoms with E-state index in [-0.39, 0.29) is 0 Å². The van der Waals surface area contributed by atoms with Crippen molar-refractivity contribution >= 4 is 11.4 Å². The summed E-state index contributed by atoms with van der Waals surface area (Å²) in [6, 6.07) is 2.76. The van der Waals surface area contributed by atoms with E-state index in [9.17, 15) is 0 Å². The molecule has 3 rings (SSSR count). The topological polar surface area (TPSA) is 45.4 Å². The van der Waals surface area contributed by atoms with E-state index in [1.807, 2.05) is 12.3 Å². The summed E-state index contributed by atoms with van der Waals surface area (Å²) < 4.78 is 0. The largest absolute Gasteiger partial charge is 0.396 e. The first kappa shape index (κ1) is 10.8.